The van der Waals surface area contributed by atoms with Crippen LogP contribution < -0.4 is 9.47 Å². The molecule has 0 radical (unpaired) electrons. The second kappa shape index (κ2) is 6.37. The molecular weight excluding hydrogens is 396 g/mol. The van der Waals surface area contributed by atoms with Gasteiger partial charge in [0.25, 0.3) is 5.91 Å². The number of para-hydroxylation sites is 1. The van der Waals surface area contributed by atoms with Crippen molar-refractivity contribution in [3.8, 4) is 11.5 Å². The summed E-state index contributed by atoms with van der Waals surface area (Å²) < 4.78 is 11.1. The lowest BCUT2D eigenvalue weighted by Crippen LogP contribution is -2.37. The summed E-state index contributed by atoms with van der Waals surface area (Å²) in [7, 11) is 3.19. The highest BCUT2D eigenvalue weighted by atomic mass is 32.1. The van der Waals surface area contributed by atoms with E-state index in [2.05, 4.69) is 40.7 Å². The third-order valence-electron chi connectivity index (χ3n) is 6.32. The van der Waals surface area contributed by atoms with E-state index in [1.807, 2.05) is 23.1 Å². The predicted octanol–water partition coefficient (Wildman–Crippen LogP) is 4.94. The maximum Gasteiger partial charge on any atom is 0.259 e. The number of thiophene rings is 1. The van der Waals surface area contributed by atoms with E-state index in [1.165, 1.54) is 15.8 Å². The van der Waals surface area contributed by atoms with Crippen LogP contribution in [0.3, 0.4) is 0 Å². The van der Waals surface area contributed by atoms with Crippen molar-refractivity contribution in [3.05, 3.63) is 81.2 Å². The molecule has 0 fully saturated rings. The number of rotatable bonds is 3. The number of ether oxygens (including phenoxy) is 2. The number of nitrogens with one attached hydrogen (secondary N) is 1. The van der Waals surface area contributed by atoms with Crippen LogP contribution in [-0.2, 0) is 0 Å². The van der Waals surface area contributed by atoms with E-state index < -0.39 is 0 Å². The summed E-state index contributed by atoms with van der Waals surface area (Å²) in [6, 6.07) is 16.4. The highest BCUT2D eigenvalue weighted by Crippen LogP contribution is 2.52. The summed E-state index contributed by atoms with van der Waals surface area (Å²) >= 11 is 1.74. The zero-order valence-corrected chi connectivity index (χ0v) is 17.5. The van der Waals surface area contributed by atoms with Crippen molar-refractivity contribution in [1.82, 2.24) is 9.88 Å². The number of hydrogen-bond acceptors (Lipinski definition) is 4. The van der Waals surface area contributed by atoms with E-state index in [9.17, 15) is 4.79 Å². The first-order chi connectivity index (χ1) is 14.7. The summed E-state index contributed by atoms with van der Waals surface area (Å²) in [6.07, 6.45) is 0. The van der Waals surface area contributed by atoms with Crippen molar-refractivity contribution in [3.63, 3.8) is 0 Å². The number of amides is 1. The van der Waals surface area contributed by atoms with Gasteiger partial charge in [-0.2, -0.15) is 0 Å². The molecule has 2 aliphatic rings. The normalized spacial score (nSPS) is 19.5. The number of hydrogen-bond donors (Lipinski definition) is 1. The fourth-order valence-electron chi connectivity index (χ4n) is 5.10. The molecule has 2 aromatic carbocycles. The second-order valence-electron chi connectivity index (χ2n) is 7.69. The highest BCUT2D eigenvalue weighted by molar-refractivity contribution is 7.10. The molecule has 2 unspecified atom stereocenters. The minimum Gasteiger partial charge on any atom is -0.493 e. The first kappa shape index (κ1) is 17.6. The van der Waals surface area contributed by atoms with Crippen LogP contribution in [0.1, 0.15) is 44.0 Å². The van der Waals surface area contributed by atoms with Gasteiger partial charge in [0.15, 0.2) is 11.5 Å². The molecule has 0 saturated heterocycles. The smallest absolute Gasteiger partial charge is 0.259 e. The van der Waals surface area contributed by atoms with Gasteiger partial charge >= 0.3 is 0 Å². The second-order valence-corrected chi connectivity index (χ2v) is 8.67. The Morgan fingerprint density at radius 2 is 1.93 bits per heavy atom. The standard InChI is InChI=1S/C24H20N2O3S/c1-28-17-10-9-14-20(23(17)29-2)24(27)26-12-15(18-8-5-11-30-18)19-13-6-3-4-7-16(13)25-21(19)22(14)26/h3-11,15,22,25H,12H2,1-2H3. The molecule has 1 N–H and O–H groups in total. The Labute approximate surface area is 177 Å². The molecular formula is C24H20N2O3S. The molecule has 1 amide bonds. The SMILES string of the molecule is COc1ccc2c(c1OC)C(=O)N1CC(c3cccs3)c3c([nH]c4ccccc34)C21. The lowest BCUT2D eigenvalue weighted by Gasteiger charge is -2.35. The van der Waals surface area contributed by atoms with Crippen LogP contribution in [0.15, 0.2) is 53.9 Å². The molecule has 6 heteroatoms. The topological polar surface area (TPSA) is 54.6 Å². The molecule has 0 spiro atoms. The summed E-state index contributed by atoms with van der Waals surface area (Å²) in [5, 5.41) is 3.33. The molecule has 6 rings (SSSR count). The maximum absolute atomic E-state index is 13.6. The number of carbonyl (C=O) groups is 1. The van der Waals surface area contributed by atoms with Gasteiger partial charge in [0.05, 0.1) is 25.8 Å². The lowest BCUT2D eigenvalue weighted by molar-refractivity contribution is 0.0725. The molecule has 2 aromatic heterocycles. The number of aromatic amines is 1. The number of aromatic nitrogens is 1. The van der Waals surface area contributed by atoms with E-state index in [1.54, 1.807) is 25.6 Å². The molecule has 150 valence electrons. The average molecular weight is 417 g/mol. The quantitative estimate of drug-likeness (QED) is 0.515. The van der Waals surface area contributed by atoms with Crippen molar-refractivity contribution in [2.24, 2.45) is 0 Å². The van der Waals surface area contributed by atoms with E-state index in [0.29, 0.717) is 23.6 Å². The first-order valence-corrected chi connectivity index (χ1v) is 10.8. The highest BCUT2D eigenvalue weighted by Gasteiger charge is 2.47. The lowest BCUT2D eigenvalue weighted by atomic mass is 9.86. The van der Waals surface area contributed by atoms with Crippen LogP contribution in [0.25, 0.3) is 10.9 Å². The summed E-state index contributed by atoms with van der Waals surface area (Å²) in [5.41, 5.74) is 5.07. The van der Waals surface area contributed by atoms with Crippen LogP contribution in [0.5, 0.6) is 11.5 Å². The molecule has 4 heterocycles. The largest absolute Gasteiger partial charge is 0.493 e. The van der Waals surface area contributed by atoms with Gasteiger partial charge in [-0.05, 0) is 34.7 Å². The zero-order chi connectivity index (χ0) is 20.4. The Morgan fingerprint density at radius 3 is 2.70 bits per heavy atom. The van der Waals surface area contributed by atoms with Gasteiger partial charge in [0, 0.05) is 33.9 Å². The van der Waals surface area contributed by atoms with Crippen molar-refractivity contribution in [1.29, 1.82) is 0 Å². The average Bonchev–Trinajstić information content (AvgIpc) is 3.50. The van der Waals surface area contributed by atoms with Crippen LogP contribution in [0.2, 0.25) is 0 Å². The summed E-state index contributed by atoms with van der Waals surface area (Å²) in [4.78, 5) is 20.5. The van der Waals surface area contributed by atoms with Gasteiger partial charge < -0.3 is 19.4 Å². The Kier molecular flexibility index (Phi) is 3.74. The van der Waals surface area contributed by atoms with E-state index in [-0.39, 0.29) is 17.9 Å². The van der Waals surface area contributed by atoms with Gasteiger partial charge in [-0.1, -0.05) is 30.3 Å². The number of nitrogens with zero attached hydrogens (tertiary/aromatic N) is 1. The fourth-order valence-corrected chi connectivity index (χ4v) is 5.93. The third kappa shape index (κ3) is 2.20. The maximum atomic E-state index is 13.6. The minimum absolute atomic E-state index is 0.00314. The molecule has 4 aromatic rings. The molecule has 0 saturated carbocycles. The molecule has 0 bridgehead atoms. The van der Waals surface area contributed by atoms with Gasteiger partial charge in [-0.3, -0.25) is 4.79 Å². The van der Waals surface area contributed by atoms with Crippen LogP contribution >= 0.6 is 11.3 Å². The minimum atomic E-state index is -0.147. The Balaban J connectivity index is 1.64. The predicted molar refractivity (Wildman–Crippen MR) is 117 cm³/mol. The number of methoxy groups -OCH3 is 2. The summed E-state index contributed by atoms with van der Waals surface area (Å²) in [5.74, 6) is 1.23. The van der Waals surface area contributed by atoms with Crippen LogP contribution in [0, 0.1) is 0 Å². The number of carbonyl (C=O) groups excluding carboxylic acids is 1. The Hall–Kier alpha value is -3.25. The third-order valence-corrected chi connectivity index (χ3v) is 7.31. The van der Waals surface area contributed by atoms with Crippen LogP contribution in [-0.4, -0.2) is 36.6 Å². The van der Waals surface area contributed by atoms with Gasteiger partial charge in [-0.15, -0.1) is 11.3 Å². The summed E-state index contributed by atoms with van der Waals surface area (Å²) in [6.45, 7) is 0.638. The molecule has 30 heavy (non-hydrogen) atoms. The van der Waals surface area contributed by atoms with E-state index in [4.69, 9.17) is 9.47 Å². The number of H-pyrrole nitrogens is 1. The van der Waals surface area contributed by atoms with Crippen molar-refractivity contribution in [2.75, 3.05) is 20.8 Å². The molecule has 0 aliphatic carbocycles. The fraction of sp³-hybridized carbons (Fsp3) is 0.208. The monoisotopic (exact) mass is 416 g/mol. The number of fused-ring (bicyclic) bond motifs is 7. The van der Waals surface area contributed by atoms with Gasteiger partial charge in [0.1, 0.15) is 0 Å². The van der Waals surface area contributed by atoms with Crippen LogP contribution in [0.4, 0.5) is 0 Å². The molecule has 2 atom stereocenters. The van der Waals surface area contributed by atoms with Gasteiger partial charge in [0.2, 0.25) is 0 Å². The van der Waals surface area contributed by atoms with E-state index in [0.717, 1.165) is 16.8 Å². The van der Waals surface area contributed by atoms with Crippen molar-refractivity contribution in [2.45, 2.75) is 12.0 Å². The van der Waals surface area contributed by atoms with Crippen molar-refractivity contribution < 1.29 is 14.3 Å². The van der Waals surface area contributed by atoms with Gasteiger partial charge in [-0.25, -0.2) is 0 Å². The molecule has 2 aliphatic heterocycles. The molecule has 5 nitrogen and oxygen atoms in total. The van der Waals surface area contributed by atoms with Crippen molar-refractivity contribution >= 4 is 28.1 Å². The Morgan fingerprint density at radius 1 is 1.07 bits per heavy atom. The van der Waals surface area contributed by atoms with E-state index >= 15 is 0 Å². The first-order valence-electron chi connectivity index (χ1n) is 9.92. The zero-order valence-electron chi connectivity index (χ0n) is 16.6. The number of benzene rings is 2. The Bertz CT molecular complexity index is 1290.